The minimum absolute atomic E-state index is 0.0312. The van der Waals surface area contributed by atoms with Crippen molar-refractivity contribution in [2.75, 3.05) is 12.9 Å². The van der Waals surface area contributed by atoms with E-state index in [0.29, 0.717) is 12.8 Å². The molecule has 7 heteroatoms. The molecule has 0 fully saturated rings. The van der Waals surface area contributed by atoms with Crippen LogP contribution >= 0.6 is 0 Å². The lowest BCUT2D eigenvalue weighted by molar-refractivity contribution is -0.124. The molecule has 21 heavy (non-hydrogen) atoms. The van der Waals surface area contributed by atoms with Crippen LogP contribution in [-0.4, -0.2) is 44.4 Å². The van der Waals surface area contributed by atoms with Crippen molar-refractivity contribution in [2.24, 2.45) is 11.3 Å². The summed E-state index contributed by atoms with van der Waals surface area (Å²) in [6, 6.07) is -1.01. The third kappa shape index (κ3) is 9.06. The second kappa shape index (κ2) is 8.10. The molecule has 3 N–H and O–H groups in total. The number of carbonyl (C=O) groups is 1. The van der Waals surface area contributed by atoms with E-state index in [1.807, 2.05) is 34.6 Å². The van der Waals surface area contributed by atoms with Gasteiger partial charge in [-0.05, 0) is 24.2 Å². The molecule has 0 spiro atoms. The summed E-state index contributed by atoms with van der Waals surface area (Å²) in [6.07, 6.45) is 1.90. The van der Waals surface area contributed by atoms with Gasteiger partial charge in [0.1, 0.15) is 6.04 Å². The van der Waals surface area contributed by atoms with Crippen molar-refractivity contribution >= 4 is 15.9 Å². The van der Waals surface area contributed by atoms with Crippen LogP contribution in [0.3, 0.4) is 0 Å². The van der Waals surface area contributed by atoms with Gasteiger partial charge in [-0.1, -0.05) is 34.6 Å². The van der Waals surface area contributed by atoms with Gasteiger partial charge in [-0.2, -0.15) is 0 Å². The Morgan fingerprint density at radius 2 is 1.76 bits per heavy atom. The van der Waals surface area contributed by atoms with Crippen LogP contribution in [0.2, 0.25) is 0 Å². The van der Waals surface area contributed by atoms with Crippen LogP contribution in [0.1, 0.15) is 47.5 Å². The number of nitrogens with one attached hydrogen (secondary N) is 2. The Kier molecular flexibility index (Phi) is 7.84. The third-order valence-corrected chi connectivity index (χ3v) is 3.87. The lowest BCUT2D eigenvalue weighted by atomic mass is 9.84. The van der Waals surface area contributed by atoms with Gasteiger partial charge in [-0.25, -0.2) is 13.1 Å². The molecule has 0 aromatic carbocycles. The van der Waals surface area contributed by atoms with E-state index < -0.39 is 16.1 Å². The quantitative estimate of drug-likeness (QED) is 0.618. The minimum Gasteiger partial charge on any atom is -0.396 e. The highest BCUT2D eigenvalue weighted by Gasteiger charge is 2.30. The zero-order chi connectivity index (χ0) is 16.8. The van der Waals surface area contributed by atoms with Crippen LogP contribution in [-0.2, 0) is 14.8 Å². The van der Waals surface area contributed by atoms with E-state index in [4.69, 9.17) is 5.11 Å². The Morgan fingerprint density at radius 3 is 2.10 bits per heavy atom. The molecule has 1 amide bonds. The summed E-state index contributed by atoms with van der Waals surface area (Å²) in [5.41, 5.74) is -0.216. The predicted molar refractivity (Wildman–Crippen MR) is 84.3 cm³/mol. The van der Waals surface area contributed by atoms with Crippen LogP contribution in [0, 0.1) is 11.3 Å². The SMILES string of the molecule is CC(C)CC(NS(C)(=O)=O)C(=O)NC(CCO)C(C)(C)C. The summed E-state index contributed by atoms with van der Waals surface area (Å²) < 4.78 is 25.2. The molecule has 0 radical (unpaired) electrons. The van der Waals surface area contributed by atoms with Gasteiger partial charge < -0.3 is 10.4 Å². The largest absolute Gasteiger partial charge is 0.396 e. The lowest BCUT2D eigenvalue weighted by Crippen LogP contribution is -2.53. The molecule has 0 rings (SSSR count). The van der Waals surface area contributed by atoms with Gasteiger partial charge in [0.15, 0.2) is 0 Å². The van der Waals surface area contributed by atoms with Crippen molar-refractivity contribution in [3.8, 4) is 0 Å². The number of amides is 1. The molecule has 0 aliphatic heterocycles. The van der Waals surface area contributed by atoms with Crippen LogP contribution in [0.25, 0.3) is 0 Å². The van der Waals surface area contributed by atoms with Gasteiger partial charge in [0.25, 0.3) is 0 Å². The van der Waals surface area contributed by atoms with E-state index in [9.17, 15) is 13.2 Å². The zero-order valence-electron chi connectivity index (χ0n) is 13.9. The standard InChI is InChI=1S/C14H30N2O4S/c1-10(2)9-11(16-21(6,19)20)13(18)15-12(7-8-17)14(3,4)5/h10-12,16-17H,7-9H2,1-6H3,(H,15,18). The van der Waals surface area contributed by atoms with Gasteiger partial charge in [0.2, 0.25) is 15.9 Å². The maximum atomic E-state index is 12.4. The first-order valence-corrected chi connectivity index (χ1v) is 9.14. The normalized spacial score (nSPS) is 15.8. The minimum atomic E-state index is -3.46. The highest BCUT2D eigenvalue weighted by Crippen LogP contribution is 2.22. The fraction of sp³-hybridized carbons (Fsp3) is 0.929. The highest BCUT2D eigenvalue weighted by atomic mass is 32.2. The Balaban J connectivity index is 5.01. The van der Waals surface area contributed by atoms with E-state index in [2.05, 4.69) is 10.0 Å². The highest BCUT2D eigenvalue weighted by molar-refractivity contribution is 7.88. The molecule has 0 aromatic heterocycles. The third-order valence-electron chi connectivity index (χ3n) is 3.16. The van der Waals surface area contributed by atoms with Gasteiger partial charge in [0.05, 0.1) is 6.26 Å². The topological polar surface area (TPSA) is 95.5 Å². The van der Waals surface area contributed by atoms with Gasteiger partial charge in [0, 0.05) is 12.6 Å². The Bertz CT molecular complexity index is 427. The molecule has 0 saturated carbocycles. The fourth-order valence-corrected chi connectivity index (χ4v) is 2.78. The zero-order valence-corrected chi connectivity index (χ0v) is 14.8. The molecule has 0 heterocycles. The molecule has 0 aromatic rings. The number of aliphatic hydroxyl groups is 1. The van der Waals surface area contributed by atoms with E-state index in [1.165, 1.54) is 0 Å². The number of rotatable bonds is 8. The van der Waals surface area contributed by atoms with E-state index in [1.54, 1.807) is 0 Å². The maximum absolute atomic E-state index is 12.4. The predicted octanol–water partition coefficient (Wildman–Crippen LogP) is 0.864. The summed E-state index contributed by atoms with van der Waals surface area (Å²) in [6.45, 7) is 9.73. The first kappa shape index (κ1) is 20.3. The average molecular weight is 322 g/mol. The Morgan fingerprint density at radius 1 is 1.24 bits per heavy atom. The van der Waals surface area contributed by atoms with Crippen LogP contribution in [0.4, 0.5) is 0 Å². The molecule has 2 unspecified atom stereocenters. The van der Waals surface area contributed by atoms with Gasteiger partial charge >= 0.3 is 0 Å². The number of carbonyl (C=O) groups excluding carboxylic acids is 1. The first-order chi connectivity index (χ1) is 9.36. The van der Waals surface area contributed by atoms with Gasteiger partial charge in [-0.15, -0.1) is 0 Å². The van der Waals surface area contributed by atoms with Crippen molar-refractivity contribution in [1.29, 1.82) is 0 Å². The smallest absolute Gasteiger partial charge is 0.238 e. The fourth-order valence-electron chi connectivity index (χ4n) is 2.06. The average Bonchev–Trinajstić information content (AvgIpc) is 2.23. The summed E-state index contributed by atoms with van der Waals surface area (Å²) in [7, 11) is -3.46. The molecule has 0 saturated heterocycles. The monoisotopic (exact) mass is 322 g/mol. The number of sulfonamides is 1. The molecule has 0 aliphatic carbocycles. The van der Waals surface area contributed by atoms with E-state index in [0.717, 1.165) is 6.26 Å². The van der Waals surface area contributed by atoms with Crippen molar-refractivity contribution < 1.29 is 18.3 Å². The Hall–Kier alpha value is -0.660. The Labute approximate surface area is 128 Å². The molecule has 2 atom stereocenters. The molecule has 6 nitrogen and oxygen atoms in total. The van der Waals surface area contributed by atoms with Crippen LogP contribution < -0.4 is 10.0 Å². The lowest BCUT2D eigenvalue weighted by Gasteiger charge is -2.32. The van der Waals surface area contributed by atoms with Crippen molar-refractivity contribution in [1.82, 2.24) is 10.0 Å². The second-order valence-electron chi connectivity index (χ2n) is 7.01. The van der Waals surface area contributed by atoms with E-state index in [-0.39, 0.29) is 29.9 Å². The second-order valence-corrected chi connectivity index (χ2v) is 8.79. The molecule has 0 bridgehead atoms. The van der Waals surface area contributed by atoms with Crippen molar-refractivity contribution in [3.05, 3.63) is 0 Å². The summed E-state index contributed by atoms with van der Waals surface area (Å²) in [4.78, 5) is 12.4. The van der Waals surface area contributed by atoms with Crippen LogP contribution in [0.5, 0.6) is 0 Å². The van der Waals surface area contributed by atoms with Crippen LogP contribution in [0.15, 0.2) is 0 Å². The number of hydrogen-bond donors (Lipinski definition) is 3. The van der Waals surface area contributed by atoms with Crippen molar-refractivity contribution in [2.45, 2.75) is 59.5 Å². The molecular weight excluding hydrogens is 292 g/mol. The van der Waals surface area contributed by atoms with Crippen molar-refractivity contribution in [3.63, 3.8) is 0 Å². The summed E-state index contributed by atoms with van der Waals surface area (Å²) >= 11 is 0. The maximum Gasteiger partial charge on any atom is 0.238 e. The molecular formula is C14H30N2O4S. The summed E-state index contributed by atoms with van der Waals surface area (Å²) in [5, 5.41) is 12.0. The molecule has 0 aliphatic rings. The first-order valence-electron chi connectivity index (χ1n) is 7.25. The molecule has 126 valence electrons. The number of aliphatic hydroxyl groups excluding tert-OH is 1. The van der Waals surface area contributed by atoms with Gasteiger partial charge in [-0.3, -0.25) is 4.79 Å². The van der Waals surface area contributed by atoms with E-state index >= 15 is 0 Å². The summed E-state index contributed by atoms with van der Waals surface area (Å²) in [5.74, 6) is -0.163. The number of hydrogen-bond acceptors (Lipinski definition) is 4.